The monoisotopic (exact) mass is 867 g/mol. The van der Waals surface area contributed by atoms with Gasteiger partial charge in [0.15, 0.2) is 17.5 Å². The van der Waals surface area contributed by atoms with Crippen molar-refractivity contribution in [1.82, 2.24) is 24.1 Å². The minimum atomic E-state index is 0.614. The fraction of sp³-hybridized carbons (Fsp3) is 0. The molecule has 0 aliphatic rings. The van der Waals surface area contributed by atoms with Gasteiger partial charge in [-0.25, -0.2) is 15.0 Å². The van der Waals surface area contributed by atoms with Crippen LogP contribution in [0.25, 0.3) is 123 Å². The summed E-state index contributed by atoms with van der Waals surface area (Å²) in [5.41, 5.74) is 16.5. The molecule has 3 heterocycles. The van der Waals surface area contributed by atoms with Crippen LogP contribution < -0.4 is 0 Å². The van der Waals surface area contributed by atoms with Crippen molar-refractivity contribution in [2.24, 2.45) is 0 Å². The molecule has 318 valence electrons. The van der Waals surface area contributed by atoms with Gasteiger partial charge in [-0.15, -0.1) is 0 Å². The molecule has 10 aromatic carbocycles. The molecule has 0 saturated carbocycles. The van der Waals surface area contributed by atoms with Crippen molar-refractivity contribution in [2.75, 3.05) is 0 Å². The largest absolute Gasteiger partial charge is 0.307 e. The normalized spacial score (nSPS) is 11.5. The summed E-state index contributed by atoms with van der Waals surface area (Å²) >= 11 is 0. The lowest BCUT2D eigenvalue weighted by atomic mass is 10.0. The van der Waals surface area contributed by atoms with E-state index in [9.17, 15) is 0 Å². The average molecular weight is 868 g/mol. The lowest BCUT2D eigenvalue weighted by Gasteiger charge is -2.17. The molecule has 0 unspecified atom stereocenters. The first kappa shape index (κ1) is 39.2. The van der Waals surface area contributed by atoms with E-state index in [0.717, 1.165) is 83.2 Å². The Labute approximate surface area is 393 Å². The quantitative estimate of drug-likeness (QED) is 0.153. The Balaban J connectivity index is 0.998. The molecule has 0 aliphatic heterocycles. The molecule has 13 rings (SSSR count). The second-order valence-corrected chi connectivity index (χ2v) is 17.2. The smallest absolute Gasteiger partial charge is 0.164 e. The van der Waals surface area contributed by atoms with Crippen LogP contribution in [0.2, 0.25) is 0 Å². The maximum Gasteiger partial charge on any atom is 0.164 e. The number of rotatable bonds is 8. The molecule has 5 nitrogen and oxygen atoms in total. The van der Waals surface area contributed by atoms with Crippen molar-refractivity contribution >= 4 is 43.6 Å². The van der Waals surface area contributed by atoms with E-state index < -0.39 is 0 Å². The summed E-state index contributed by atoms with van der Waals surface area (Å²) in [6.45, 7) is 0. The van der Waals surface area contributed by atoms with E-state index in [4.69, 9.17) is 15.0 Å². The minimum absolute atomic E-state index is 0.614. The van der Waals surface area contributed by atoms with Crippen LogP contribution in [0.3, 0.4) is 0 Å². The van der Waals surface area contributed by atoms with Crippen molar-refractivity contribution in [3.63, 3.8) is 0 Å². The van der Waals surface area contributed by atoms with Crippen LogP contribution >= 0.6 is 0 Å². The summed E-state index contributed by atoms with van der Waals surface area (Å²) in [5.74, 6) is 1.85. The fourth-order valence-corrected chi connectivity index (χ4v) is 9.98. The number of hydrogen-bond acceptors (Lipinski definition) is 3. The summed E-state index contributed by atoms with van der Waals surface area (Å²) in [6.07, 6.45) is 0. The molecule has 0 spiro atoms. The fourth-order valence-electron chi connectivity index (χ4n) is 9.98. The van der Waals surface area contributed by atoms with E-state index in [-0.39, 0.29) is 0 Å². The third kappa shape index (κ3) is 6.68. The molecule has 68 heavy (non-hydrogen) atoms. The average Bonchev–Trinajstić information content (AvgIpc) is 3.94. The van der Waals surface area contributed by atoms with Crippen molar-refractivity contribution < 1.29 is 0 Å². The number of nitrogens with zero attached hydrogens (tertiary/aromatic N) is 5. The van der Waals surface area contributed by atoms with Crippen molar-refractivity contribution in [3.05, 3.63) is 249 Å². The zero-order valence-corrected chi connectivity index (χ0v) is 36.9. The third-order valence-corrected chi connectivity index (χ3v) is 13.2. The first-order valence-electron chi connectivity index (χ1n) is 23.0. The molecule has 0 aliphatic carbocycles. The standard InChI is InChI=1S/C63H41N5/c1-4-17-42(18-5-1)44-31-35-47(36-32-44)61-64-62(48-37-33-45(34-38-48)43-19-6-2-7-20-43)66-63(65-61)49-39-40-58-54(41-49)52-25-12-14-28-56(52)67(58)59-30-16-26-53-51-24-11-15-29-57(51)68(60(53)59)55-27-13-10-23-50(55)46-21-8-3-9-22-46/h1-41H. The van der Waals surface area contributed by atoms with Gasteiger partial charge in [-0.05, 0) is 70.3 Å². The molecule has 0 bridgehead atoms. The predicted molar refractivity (Wildman–Crippen MR) is 281 cm³/mol. The zero-order valence-electron chi connectivity index (χ0n) is 36.9. The van der Waals surface area contributed by atoms with Gasteiger partial charge in [0.1, 0.15) is 0 Å². The van der Waals surface area contributed by atoms with Gasteiger partial charge in [0.2, 0.25) is 0 Å². The number of benzene rings is 10. The molecule has 0 amide bonds. The van der Waals surface area contributed by atoms with Crippen LogP contribution in [0.15, 0.2) is 249 Å². The van der Waals surface area contributed by atoms with Crippen LogP contribution in [-0.4, -0.2) is 24.1 Å². The van der Waals surface area contributed by atoms with Crippen LogP contribution in [0, 0.1) is 0 Å². The Morgan fingerprint density at radius 3 is 1.24 bits per heavy atom. The lowest BCUT2D eigenvalue weighted by molar-refractivity contribution is 1.07. The first-order valence-corrected chi connectivity index (χ1v) is 23.0. The summed E-state index contributed by atoms with van der Waals surface area (Å²) in [7, 11) is 0. The van der Waals surface area contributed by atoms with Gasteiger partial charge in [0.05, 0.1) is 33.4 Å². The topological polar surface area (TPSA) is 48.5 Å². The van der Waals surface area contributed by atoms with Gasteiger partial charge in [0.25, 0.3) is 0 Å². The van der Waals surface area contributed by atoms with Gasteiger partial charge < -0.3 is 9.13 Å². The highest BCUT2D eigenvalue weighted by Gasteiger charge is 2.22. The van der Waals surface area contributed by atoms with Crippen molar-refractivity contribution in [1.29, 1.82) is 0 Å². The van der Waals surface area contributed by atoms with Gasteiger partial charge in [0, 0.05) is 43.8 Å². The Morgan fingerprint density at radius 2 is 0.632 bits per heavy atom. The van der Waals surface area contributed by atoms with Crippen molar-refractivity contribution in [2.45, 2.75) is 0 Å². The van der Waals surface area contributed by atoms with Gasteiger partial charge >= 0.3 is 0 Å². The Kier molecular flexibility index (Phi) is 9.43. The highest BCUT2D eigenvalue weighted by atomic mass is 15.1. The third-order valence-electron chi connectivity index (χ3n) is 13.2. The van der Waals surface area contributed by atoms with E-state index in [1.807, 2.05) is 12.1 Å². The molecule has 13 aromatic rings. The number of fused-ring (bicyclic) bond motifs is 6. The molecule has 0 saturated heterocycles. The molecular formula is C63H41N5. The van der Waals surface area contributed by atoms with Gasteiger partial charge in [-0.1, -0.05) is 206 Å². The van der Waals surface area contributed by atoms with Gasteiger partial charge in [-0.2, -0.15) is 0 Å². The molecule has 0 atom stereocenters. The molecule has 0 radical (unpaired) electrons. The second-order valence-electron chi connectivity index (χ2n) is 17.2. The maximum atomic E-state index is 5.23. The zero-order chi connectivity index (χ0) is 45.0. The molecule has 0 fully saturated rings. The highest BCUT2D eigenvalue weighted by molar-refractivity contribution is 6.15. The van der Waals surface area contributed by atoms with E-state index in [1.165, 1.54) is 21.9 Å². The van der Waals surface area contributed by atoms with E-state index in [1.54, 1.807) is 0 Å². The first-order chi connectivity index (χ1) is 33.7. The van der Waals surface area contributed by atoms with Gasteiger partial charge in [-0.3, -0.25) is 0 Å². The van der Waals surface area contributed by atoms with E-state index in [2.05, 4.69) is 246 Å². The van der Waals surface area contributed by atoms with Crippen LogP contribution in [0.5, 0.6) is 0 Å². The Bertz CT molecular complexity index is 3880. The highest BCUT2D eigenvalue weighted by Crippen LogP contribution is 2.42. The number of aromatic nitrogens is 5. The van der Waals surface area contributed by atoms with Crippen LogP contribution in [0.1, 0.15) is 0 Å². The molecule has 3 aromatic heterocycles. The SMILES string of the molecule is c1ccc(-c2ccc(-c3nc(-c4ccc(-c5ccccc5)cc4)nc(-c4ccc5c(c4)c4ccccc4n5-c4cccc5c6ccccc6n(-c6ccccc6-c6ccccc6)c45)n3)cc2)cc1. The van der Waals surface area contributed by atoms with E-state index in [0.29, 0.717) is 17.5 Å². The lowest BCUT2D eigenvalue weighted by Crippen LogP contribution is -2.02. The Morgan fingerprint density at radius 1 is 0.235 bits per heavy atom. The predicted octanol–water partition coefficient (Wildman–Crippen LogP) is 16.1. The number of para-hydroxylation sites is 4. The summed E-state index contributed by atoms with van der Waals surface area (Å²) in [5, 5.41) is 4.67. The van der Waals surface area contributed by atoms with E-state index >= 15 is 0 Å². The second kappa shape index (κ2) is 16.4. The van der Waals surface area contributed by atoms with Crippen LogP contribution in [-0.2, 0) is 0 Å². The van der Waals surface area contributed by atoms with Crippen molar-refractivity contribution in [3.8, 4) is 78.9 Å². The summed E-state index contributed by atoms with van der Waals surface area (Å²) in [6, 6.07) is 88.2. The Hall–Kier alpha value is -9.19. The number of hydrogen-bond donors (Lipinski definition) is 0. The molecule has 5 heteroatoms. The maximum absolute atomic E-state index is 5.23. The summed E-state index contributed by atoms with van der Waals surface area (Å²) in [4.78, 5) is 15.6. The molecular weight excluding hydrogens is 827 g/mol. The minimum Gasteiger partial charge on any atom is -0.307 e. The molecule has 0 N–H and O–H groups in total. The summed E-state index contributed by atoms with van der Waals surface area (Å²) < 4.78 is 4.90. The van der Waals surface area contributed by atoms with Crippen LogP contribution in [0.4, 0.5) is 0 Å².